The van der Waals surface area contributed by atoms with Gasteiger partial charge in [-0.25, -0.2) is 9.37 Å². The first-order valence-electron chi connectivity index (χ1n) is 6.28. The molecule has 1 N–H and O–H groups in total. The molecule has 0 spiro atoms. The van der Waals surface area contributed by atoms with Crippen molar-refractivity contribution in [2.24, 2.45) is 0 Å². The van der Waals surface area contributed by atoms with Crippen LogP contribution in [-0.2, 0) is 0 Å². The third-order valence-corrected chi connectivity index (χ3v) is 2.78. The fourth-order valence-electron chi connectivity index (χ4n) is 1.51. The van der Waals surface area contributed by atoms with Gasteiger partial charge >= 0.3 is 0 Å². The van der Waals surface area contributed by atoms with E-state index in [0.29, 0.717) is 12.5 Å². The van der Waals surface area contributed by atoms with E-state index in [1.165, 1.54) is 18.3 Å². The quantitative estimate of drug-likeness (QED) is 0.910. The average Bonchev–Trinajstić information content (AvgIpc) is 2.48. The summed E-state index contributed by atoms with van der Waals surface area (Å²) in [5.41, 5.74) is -0.0542. The molecular weight excluding hydrogens is 295 g/mol. The van der Waals surface area contributed by atoms with Crippen LogP contribution in [0.1, 0.15) is 18.9 Å². The molecule has 0 radical (unpaired) electrons. The number of hydrogen-bond donors (Lipinski definition) is 1. The Labute approximate surface area is 126 Å². The molecule has 0 aliphatic carbocycles. The van der Waals surface area contributed by atoms with Crippen LogP contribution in [0.5, 0.6) is 11.6 Å². The van der Waals surface area contributed by atoms with Gasteiger partial charge in [0, 0.05) is 12.6 Å². The maximum absolute atomic E-state index is 13.5. The zero-order valence-corrected chi connectivity index (χ0v) is 12.0. The van der Waals surface area contributed by atoms with Crippen molar-refractivity contribution >= 4 is 17.5 Å². The Morgan fingerprint density at radius 3 is 2.95 bits per heavy atom. The van der Waals surface area contributed by atoms with E-state index in [4.69, 9.17) is 21.6 Å². The first-order valence-corrected chi connectivity index (χ1v) is 6.65. The second-order valence-corrected chi connectivity index (χ2v) is 4.54. The van der Waals surface area contributed by atoms with Gasteiger partial charge in [0.1, 0.15) is 22.7 Å². The van der Waals surface area contributed by atoms with E-state index in [1.54, 1.807) is 6.07 Å². The maximum Gasteiger partial charge on any atom is 0.243 e. The van der Waals surface area contributed by atoms with E-state index in [1.807, 2.05) is 6.92 Å². The summed E-state index contributed by atoms with van der Waals surface area (Å²) in [6, 6.07) is 5.65. The minimum Gasteiger partial charge on any atom is -0.437 e. The predicted octanol–water partition coefficient (Wildman–Crippen LogP) is 3.75. The van der Waals surface area contributed by atoms with Crippen LogP contribution in [-0.4, -0.2) is 16.5 Å². The number of nitrogens with zero attached hydrogens (tertiary/aromatic N) is 3. The van der Waals surface area contributed by atoms with Crippen LogP contribution in [0.2, 0.25) is 5.02 Å². The van der Waals surface area contributed by atoms with Crippen LogP contribution in [0.25, 0.3) is 0 Å². The summed E-state index contributed by atoms with van der Waals surface area (Å²) in [7, 11) is 0. The number of benzene rings is 1. The minimum absolute atomic E-state index is 0.0542. The van der Waals surface area contributed by atoms with E-state index in [2.05, 4.69) is 15.3 Å². The van der Waals surface area contributed by atoms with Crippen molar-refractivity contribution in [1.29, 1.82) is 5.26 Å². The van der Waals surface area contributed by atoms with E-state index in [0.717, 1.165) is 12.5 Å². The molecule has 0 amide bonds. The fraction of sp³-hybridized carbons (Fsp3) is 0.214. The van der Waals surface area contributed by atoms with Gasteiger partial charge in [-0.3, -0.25) is 0 Å². The molecule has 0 atom stereocenters. The van der Waals surface area contributed by atoms with Gasteiger partial charge < -0.3 is 10.1 Å². The van der Waals surface area contributed by atoms with Crippen molar-refractivity contribution in [2.75, 3.05) is 11.9 Å². The molecule has 0 saturated heterocycles. The summed E-state index contributed by atoms with van der Waals surface area (Å²) in [6.45, 7) is 2.73. The number of ether oxygens (including phenoxy) is 1. The Hall–Kier alpha value is -2.39. The highest BCUT2D eigenvalue weighted by atomic mass is 35.5. The Morgan fingerprint density at radius 2 is 2.29 bits per heavy atom. The van der Waals surface area contributed by atoms with Crippen LogP contribution in [0, 0.1) is 17.1 Å². The topological polar surface area (TPSA) is 70.8 Å². The molecule has 0 aliphatic heterocycles. The average molecular weight is 307 g/mol. The Kier molecular flexibility index (Phi) is 4.90. The summed E-state index contributed by atoms with van der Waals surface area (Å²) in [4.78, 5) is 8.13. The van der Waals surface area contributed by atoms with Crippen molar-refractivity contribution in [2.45, 2.75) is 13.3 Å². The molecule has 0 saturated carbocycles. The second-order valence-electron chi connectivity index (χ2n) is 4.13. The van der Waals surface area contributed by atoms with Crippen molar-refractivity contribution in [3.05, 3.63) is 40.8 Å². The number of rotatable bonds is 5. The summed E-state index contributed by atoms with van der Waals surface area (Å²) in [6.07, 6.45) is 2.32. The normalized spacial score (nSPS) is 10.0. The van der Waals surface area contributed by atoms with Crippen LogP contribution in [0.3, 0.4) is 0 Å². The smallest absolute Gasteiger partial charge is 0.243 e. The Morgan fingerprint density at radius 1 is 1.48 bits per heavy atom. The summed E-state index contributed by atoms with van der Waals surface area (Å²) >= 11 is 5.95. The standard InChI is InChI=1S/C14H12ClFN4O/c1-2-5-18-14-19-8-11(15)13(20-14)21-10-4-3-9(7-17)12(16)6-10/h3-4,6,8H,2,5H2,1H3,(H,18,19,20). The highest BCUT2D eigenvalue weighted by molar-refractivity contribution is 6.31. The fourth-order valence-corrected chi connectivity index (χ4v) is 1.64. The number of anilines is 1. The lowest BCUT2D eigenvalue weighted by atomic mass is 10.2. The van der Waals surface area contributed by atoms with Gasteiger partial charge in [-0.1, -0.05) is 18.5 Å². The zero-order valence-electron chi connectivity index (χ0n) is 11.2. The number of hydrogen-bond acceptors (Lipinski definition) is 5. The highest BCUT2D eigenvalue weighted by Crippen LogP contribution is 2.28. The number of aromatic nitrogens is 2. The third kappa shape index (κ3) is 3.80. The molecular formula is C14H12ClFN4O. The monoisotopic (exact) mass is 306 g/mol. The van der Waals surface area contributed by atoms with Crippen LogP contribution in [0.15, 0.2) is 24.4 Å². The van der Waals surface area contributed by atoms with Gasteiger partial charge in [-0.05, 0) is 18.6 Å². The van der Waals surface area contributed by atoms with Crippen molar-refractivity contribution < 1.29 is 9.13 Å². The Balaban J connectivity index is 2.22. The lowest BCUT2D eigenvalue weighted by Crippen LogP contribution is -2.05. The molecule has 1 aromatic carbocycles. The molecule has 7 heteroatoms. The molecule has 1 aromatic heterocycles. The summed E-state index contributed by atoms with van der Waals surface area (Å²) in [5.74, 6) is 0.0396. The lowest BCUT2D eigenvalue weighted by Gasteiger charge is -2.09. The molecule has 0 fully saturated rings. The third-order valence-electron chi connectivity index (χ3n) is 2.52. The molecule has 5 nitrogen and oxygen atoms in total. The minimum atomic E-state index is -0.662. The van der Waals surface area contributed by atoms with Crippen molar-refractivity contribution in [1.82, 2.24) is 9.97 Å². The molecule has 2 aromatic rings. The zero-order chi connectivity index (χ0) is 15.2. The molecule has 0 bridgehead atoms. The maximum atomic E-state index is 13.5. The Bertz CT molecular complexity index is 687. The van der Waals surface area contributed by atoms with Gasteiger partial charge in [-0.2, -0.15) is 10.2 Å². The van der Waals surface area contributed by atoms with Gasteiger partial charge in [-0.15, -0.1) is 0 Å². The second kappa shape index (κ2) is 6.86. The summed E-state index contributed by atoms with van der Waals surface area (Å²) in [5, 5.41) is 11.9. The first-order chi connectivity index (χ1) is 10.1. The van der Waals surface area contributed by atoms with E-state index >= 15 is 0 Å². The molecule has 0 aliphatic rings. The van der Waals surface area contributed by atoms with Gasteiger partial charge in [0.2, 0.25) is 11.8 Å². The van der Waals surface area contributed by atoms with Gasteiger partial charge in [0.15, 0.2) is 0 Å². The van der Waals surface area contributed by atoms with Crippen LogP contribution < -0.4 is 10.1 Å². The van der Waals surface area contributed by atoms with E-state index in [-0.39, 0.29) is 22.2 Å². The summed E-state index contributed by atoms with van der Waals surface area (Å²) < 4.78 is 19.0. The van der Waals surface area contributed by atoms with E-state index in [9.17, 15) is 4.39 Å². The predicted molar refractivity (Wildman–Crippen MR) is 77.0 cm³/mol. The van der Waals surface area contributed by atoms with Gasteiger partial charge in [0.05, 0.1) is 11.8 Å². The van der Waals surface area contributed by atoms with E-state index < -0.39 is 5.82 Å². The molecule has 21 heavy (non-hydrogen) atoms. The molecule has 108 valence electrons. The SMILES string of the molecule is CCCNc1ncc(Cl)c(Oc2ccc(C#N)c(F)c2)n1. The van der Waals surface area contributed by atoms with Crippen LogP contribution in [0.4, 0.5) is 10.3 Å². The lowest BCUT2D eigenvalue weighted by molar-refractivity contribution is 0.457. The molecule has 0 unspecified atom stereocenters. The molecule has 2 rings (SSSR count). The number of halogens is 2. The number of nitriles is 1. The van der Waals surface area contributed by atoms with Crippen molar-refractivity contribution in [3.63, 3.8) is 0 Å². The van der Waals surface area contributed by atoms with Gasteiger partial charge in [0.25, 0.3) is 0 Å². The largest absolute Gasteiger partial charge is 0.437 e. The van der Waals surface area contributed by atoms with Crippen molar-refractivity contribution in [3.8, 4) is 17.7 Å². The van der Waals surface area contributed by atoms with Crippen LogP contribution >= 0.6 is 11.6 Å². The molecule has 1 heterocycles. The first kappa shape index (κ1) is 15.0. The number of nitrogens with one attached hydrogen (secondary N) is 1. The highest BCUT2D eigenvalue weighted by Gasteiger charge is 2.10.